The number of benzene rings is 1. The maximum Gasteiger partial charge on any atom is 0.419 e. The molecule has 0 aliphatic rings. The smallest absolute Gasteiger partial charge is 0.408 e. The van der Waals surface area contributed by atoms with Crippen LogP contribution < -0.4 is 11.1 Å². The van der Waals surface area contributed by atoms with Gasteiger partial charge in [-0.25, -0.2) is 4.79 Å². The summed E-state index contributed by atoms with van der Waals surface area (Å²) in [6.07, 6.45) is 1.29. The topological polar surface area (TPSA) is 64.2 Å². The number of hydrogen-bond donors (Lipinski definition) is 1. The SMILES string of the molecule is CC(C)CC(=O)NCCc1ccc2oc(=O)n(C)c2c1. The van der Waals surface area contributed by atoms with Crippen molar-refractivity contribution in [3.63, 3.8) is 0 Å². The van der Waals surface area contributed by atoms with Crippen molar-refractivity contribution in [3.05, 3.63) is 34.3 Å². The Kier molecular flexibility index (Phi) is 4.27. The third kappa shape index (κ3) is 3.29. The summed E-state index contributed by atoms with van der Waals surface area (Å²) in [5.74, 6) is 0.0889. The van der Waals surface area contributed by atoms with Crippen molar-refractivity contribution in [2.24, 2.45) is 13.0 Å². The van der Waals surface area contributed by atoms with E-state index in [1.54, 1.807) is 13.1 Å². The highest BCUT2D eigenvalue weighted by Gasteiger charge is 2.07. The van der Waals surface area contributed by atoms with E-state index in [4.69, 9.17) is 4.42 Å². The number of oxazole rings is 1. The van der Waals surface area contributed by atoms with E-state index < -0.39 is 0 Å². The van der Waals surface area contributed by atoms with E-state index in [9.17, 15) is 9.59 Å². The van der Waals surface area contributed by atoms with Crippen molar-refractivity contribution in [2.75, 3.05) is 6.54 Å². The zero-order valence-electron chi connectivity index (χ0n) is 12.1. The first kappa shape index (κ1) is 14.4. The fraction of sp³-hybridized carbons (Fsp3) is 0.467. The summed E-state index contributed by atoms with van der Waals surface area (Å²) < 4.78 is 6.56. The molecule has 0 bridgehead atoms. The second-order valence-electron chi connectivity index (χ2n) is 5.43. The molecule has 2 rings (SSSR count). The van der Waals surface area contributed by atoms with Crippen molar-refractivity contribution < 1.29 is 9.21 Å². The molecule has 1 heterocycles. The Hall–Kier alpha value is -2.04. The largest absolute Gasteiger partial charge is 0.419 e. The average Bonchev–Trinajstić information content (AvgIpc) is 2.65. The zero-order valence-corrected chi connectivity index (χ0v) is 12.1. The van der Waals surface area contributed by atoms with Gasteiger partial charge in [0.05, 0.1) is 5.52 Å². The maximum absolute atomic E-state index is 11.5. The van der Waals surface area contributed by atoms with Gasteiger partial charge in [-0.3, -0.25) is 9.36 Å². The Morgan fingerprint density at radius 2 is 2.15 bits per heavy atom. The molecule has 0 saturated carbocycles. The maximum atomic E-state index is 11.5. The molecule has 0 aliphatic carbocycles. The number of nitrogens with zero attached hydrogens (tertiary/aromatic N) is 1. The lowest BCUT2D eigenvalue weighted by Crippen LogP contribution is -2.26. The normalized spacial score (nSPS) is 11.2. The van der Waals surface area contributed by atoms with Gasteiger partial charge in [0.15, 0.2) is 5.58 Å². The van der Waals surface area contributed by atoms with Gasteiger partial charge in [0.25, 0.3) is 0 Å². The number of fused-ring (bicyclic) bond motifs is 1. The minimum absolute atomic E-state index is 0.0804. The molecule has 1 N–H and O–H groups in total. The third-order valence-corrected chi connectivity index (χ3v) is 3.19. The molecule has 0 radical (unpaired) electrons. The highest BCUT2D eigenvalue weighted by molar-refractivity contribution is 5.76. The van der Waals surface area contributed by atoms with Crippen LogP contribution >= 0.6 is 0 Å². The van der Waals surface area contributed by atoms with Crippen molar-refractivity contribution in [3.8, 4) is 0 Å². The summed E-state index contributed by atoms with van der Waals surface area (Å²) in [5.41, 5.74) is 2.44. The molecular formula is C15H20N2O3. The number of aryl methyl sites for hydroxylation is 1. The Morgan fingerprint density at radius 1 is 1.40 bits per heavy atom. The quantitative estimate of drug-likeness (QED) is 0.906. The van der Waals surface area contributed by atoms with Crippen LogP contribution in [0.15, 0.2) is 27.4 Å². The number of carbonyl (C=O) groups excluding carboxylic acids is 1. The fourth-order valence-electron chi connectivity index (χ4n) is 2.12. The highest BCUT2D eigenvalue weighted by atomic mass is 16.4. The molecular weight excluding hydrogens is 256 g/mol. The van der Waals surface area contributed by atoms with Gasteiger partial charge in [-0.1, -0.05) is 19.9 Å². The number of aromatic nitrogens is 1. The summed E-state index contributed by atoms with van der Waals surface area (Å²) in [7, 11) is 1.68. The number of nitrogens with one attached hydrogen (secondary N) is 1. The van der Waals surface area contributed by atoms with Crippen LogP contribution in [0.2, 0.25) is 0 Å². The summed E-state index contributed by atoms with van der Waals surface area (Å²) in [4.78, 5) is 22.9. The van der Waals surface area contributed by atoms with Crippen molar-refractivity contribution in [2.45, 2.75) is 26.7 Å². The van der Waals surface area contributed by atoms with Crippen LogP contribution in [0.1, 0.15) is 25.8 Å². The van der Waals surface area contributed by atoms with Crippen LogP contribution in [0.25, 0.3) is 11.1 Å². The molecule has 5 nitrogen and oxygen atoms in total. The molecule has 0 aliphatic heterocycles. The summed E-state index contributed by atoms with van der Waals surface area (Å²) in [6, 6.07) is 5.64. The third-order valence-electron chi connectivity index (χ3n) is 3.19. The molecule has 0 atom stereocenters. The van der Waals surface area contributed by atoms with Crippen LogP contribution in [-0.4, -0.2) is 17.0 Å². The minimum atomic E-state index is -0.359. The molecule has 0 spiro atoms. The van der Waals surface area contributed by atoms with Crippen LogP contribution in [-0.2, 0) is 18.3 Å². The number of carbonyl (C=O) groups is 1. The molecule has 2 aromatic rings. The van der Waals surface area contributed by atoms with E-state index in [2.05, 4.69) is 5.32 Å². The lowest BCUT2D eigenvalue weighted by atomic mass is 10.1. The first-order chi connectivity index (χ1) is 9.47. The number of amides is 1. The number of hydrogen-bond acceptors (Lipinski definition) is 3. The lowest BCUT2D eigenvalue weighted by molar-refractivity contribution is -0.121. The first-order valence-electron chi connectivity index (χ1n) is 6.82. The number of rotatable bonds is 5. The fourth-order valence-corrected chi connectivity index (χ4v) is 2.12. The van der Waals surface area contributed by atoms with Gasteiger partial charge in [-0.15, -0.1) is 0 Å². The monoisotopic (exact) mass is 276 g/mol. The van der Waals surface area contributed by atoms with E-state index in [0.29, 0.717) is 24.5 Å². The second-order valence-corrected chi connectivity index (χ2v) is 5.43. The molecule has 1 amide bonds. The predicted molar refractivity (Wildman–Crippen MR) is 77.6 cm³/mol. The first-order valence-corrected chi connectivity index (χ1v) is 6.82. The second kappa shape index (κ2) is 5.94. The van der Waals surface area contributed by atoms with E-state index >= 15 is 0 Å². The van der Waals surface area contributed by atoms with Crippen molar-refractivity contribution >= 4 is 17.0 Å². The van der Waals surface area contributed by atoms with E-state index in [1.165, 1.54) is 4.57 Å². The van der Waals surface area contributed by atoms with Crippen molar-refractivity contribution in [1.29, 1.82) is 0 Å². The molecule has 108 valence electrons. The molecule has 1 aromatic heterocycles. The summed E-state index contributed by atoms with van der Waals surface area (Å²) in [6.45, 7) is 4.64. The van der Waals surface area contributed by atoms with E-state index in [1.807, 2.05) is 26.0 Å². The molecule has 0 unspecified atom stereocenters. The Bertz CT molecular complexity index is 667. The van der Waals surface area contributed by atoms with Gasteiger partial charge >= 0.3 is 5.76 Å². The standard InChI is InChI=1S/C15H20N2O3/c1-10(2)8-14(18)16-7-6-11-4-5-13-12(9-11)17(3)15(19)20-13/h4-5,9-10H,6-8H2,1-3H3,(H,16,18). The van der Waals surface area contributed by atoms with Gasteiger partial charge in [0.2, 0.25) is 5.91 Å². The van der Waals surface area contributed by atoms with E-state index in [-0.39, 0.29) is 11.7 Å². The van der Waals surface area contributed by atoms with Crippen LogP contribution in [0.5, 0.6) is 0 Å². The lowest BCUT2D eigenvalue weighted by Gasteiger charge is -2.07. The molecule has 0 fully saturated rings. The van der Waals surface area contributed by atoms with Crippen LogP contribution in [0.3, 0.4) is 0 Å². The molecule has 0 saturated heterocycles. The Labute approximate surface area is 117 Å². The van der Waals surface area contributed by atoms with Crippen LogP contribution in [0, 0.1) is 5.92 Å². The summed E-state index contributed by atoms with van der Waals surface area (Å²) in [5, 5.41) is 2.90. The average molecular weight is 276 g/mol. The predicted octanol–water partition coefficient (Wildman–Crippen LogP) is 1.84. The van der Waals surface area contributed by atoms with Crippen LogP contribution in [0.4, 0.5) is 0 Å². The molecule has 20 heavy (non-hydrogen) atoms. The van der Waals surface area contributed by atoms with Gasteiger partial charge in [-0.05, 0) is 30.0 Å². The van der Waals surface area contributed by atoms with Gasteiger partial charge < -0.3 is 9.73 Å². The molecule has 1 aromatic carbocycles. The summed E-state index contributed by atoms with van der Waals surface area (Å²) >= 11 is 0. The Morgan fingerprint density at radius 3 is 2.85 bits per heavy atom. The zero-order chi connectivity index (χ0) is 14.7. The van der Waals surface area contributed by atoms with Gasteiger partial charge in [0.1, 0.15) is 0 Å². The highest BCUT2D eigenvalue weighted by Crippen LogP contribution is 2.14. The molecule has 5 heteroatoms. The van der Waals surface area contributed by atoms with E-state index in [0.717, 1.165) is 17.5 Å². The van der Waals surface area contributed by atoms with Gasteiger partial charge in [0, 0.05) is 20.0 Å². The van der Waals surface area contributed by atoms with Gasteiger partial charge in [-0.2, -0.15) is 0 Å². The Balaban J connectivity index is 1.98. The minimum Gasteiger partial charge on any atom is -0.408 e. The van der Waals surface area contributed by atoms with Crippen molar-refractivity contribution in [1.82, 2.24) is 9.88 Å².